The van der Waals surface area contributed by atoms with Gasteiger partial charge in [-0.25, -0.2) is 0 Å². The second-order valence-electron chi connectivity index (χ2n) is 10.1. The summed E-state index contributed by atoms with van der Waals surface area (Å²) in [7, 11) is 0. The molecule has 1 nitrogen and oxygen atoms in total. The van der Waals surface area contributed by atoms with Crippen LogP contribution in [0.4, 0.5) is 5.69 Å². The van der Waals surface area contributed by atoms with Crippen LogP contribution in [0.1, 0.15) is 36.8 Å². The maximum absolute atomic E-state index is 3.93. The van der Waals surface area contributed by atoms with E-state index in [2.05, 4.69) is 146 Å². The number of aryl methyl sites for hydroxylation is 1. The molecule has 0 aromatic heterocycles. The van der Waals surface area contributed by atoms with Crippen molar-refractivity contribution in [1.82, 2.24) is 0 Å². The maximum atomic E-state index is 3.93. The smallest absolute Gasteiger partial charge is 0.0414 e. The summed E-state index contributed by atoms with van der Waals surface area (Å²) in [4.78, 5) is 2.47. The fraction of sp³-hybridized carbons (Fsp3) is 0.158. The predicted molar refractivity (Wildman–Crippen MR) is 170 cm³/mol. The third-order valence-electron chi connectivity index (χ3n) is 7.50. The second-order valence-corrected chi connectivity index (χ2v) is 10.1. The van der Waals surface area contributed by atoms with E-state index in [9.17, 15) is 0 Å². The molecule has 0 radical (unpaired) electrons. The van der Waals surface area contributed by atoms with Crippen molar-refractivity contribution in [3.8, 4) is 11.1 Å². The van der Waals surface area contributed by atoms with Gasteiger partial charge in [0.15, 0.2) is 0 Å². The molecular formula is C38H37N. The summed E-state index contributed by atoms with van der Waals surface area (Å²) in [5, 5.41) is 0. The van der Waals surface area contributed by atoms with Gasteiger partial charge in [-0.05, 0) is 89.8 Å². The molecule has 2 aliphatic rings. The molecular weight excluding hydrogens is 470 g/mol. The average molecular weight is 508 g/mol. The van der Waals surface area contributed by atoms with Crippen molar-refractivity contribution >= 4 is 11.3 Å². The molecule has 3 aromatic rings. The fourth-order valence-electron chi connectivity index (χ4n) is 5.43. The Kier molecular flexibility index (Phi) is 8.71. The molecule has 5 rings (SSSR count). The lowest BCUT2D eigenvalue weighted by Gasteiger charge is -2.30. The monoisotopic (exact) mass is 507 g/mol. The van der Waals surface area contributed by atoms with Crippen LogP contribution < -0.4 is 4.90 Å². The lowest BCUT2D eigenvalue weighted by Crippen LogP contribution is -2.24. The quantitative estimate of drug-likeness (QED) is 0.260. The highest BCUT2D eigenvalue weighted by Crippen LogP contribution is 2.34. The number of hydrogen-bond acceptors (Lipinski definition) is 1. The standard InChI is InChI=1S/C38H37N/c1-3-14-31(32-15-7-4-8-16-32)21-13-28-39(36-24-22-34(23-25-36)33-17-9-5-10-18-33)37-26-27-38(30(2)29-37)35-19-11-6-12-20-35/h3-9,11-17,19-22,24,26-27,29H,1,10,18,23,25,28H2,2H3/b21-13-,31-14+. The third kappa shape index (κ3) is 6.56. The molecule has 0 aliphatic heterocycles. The van der Waals surface area contributed by atoms with Crippen molar-refractivity contribution in [3.63, 3.8) is 0 Å². The lowest BCUT2D eigenvalue weighted by molar-refractivity contribution is 0.825. The Balaban J connectivity index is 1.46. The van der Waals surface area contributed by atoms with E-state index in [0.717, 1.165) is 32.2 Å². The SMILES string of the molecule is C=C/C=C(\C=C/CN(C1=CC=C(C2=CC=CCC2)CC1)c1ccc(-c2ccccc2)c(C)c1)c1ccccc1. The van der Waals surface area contributed by atoms with Gasteiger partial charge in [0.2, 0.25) is 0 Å². The van der Waals surface area contributed by atoms with Gasteiger partial charge in [-0.15, -0.1) is 0 Å². The number of nitrogens with zero attached hydrogens (tertiary/aromatic N) is 1. The minimum absolute atomic E-state index is 0.798. The van der Waals surface area contributed by atoms with Crippen molar-refractivity contribution in [2.75, 3.05) is 11.4 Å². The van der Waals surface area contributed by atoms with Crippen LogP contribution in [-0.4, -0.2) is 6.54 Å². The third-order valence-corrected chi connectivity index (χ3v) is 7.50. The highest BCUT2D eigenvalue weighted by Gasteiger charge is 2.17. The van der Waals surface area contributed by atoms with Crippen LogP contribution in [0, 0.1) is 6.92 Å². The largest absolute Gasteiger partial charge is 0.341 e. The van der Waals surface area contributed by atoms with Crippen molar-refractivity contribution < 1.29 is 0 Å². The molecule has 0 heterocycles. The average Bonchev–Trinajstić information content (AvgIpc) is 3.00. The second kappa shape index (κ2) is 12.9. The van der Waals surface area contributed by atoms with Gasteiger partial charge < -0.3 is 4.90 Å². The van der Waals surface area contributed by atoms with Gasteiger partial charge >= 0.3 is 0 Å². The molecule has 39 heavy (non-hydrogen) atoms. The normalized spacial score (nSPS) is 15.5. The zero-order valence-electron chi connectivity index (χ0n) is 22.9. The number of allylic oxidation sites excluding steroid dienone is 12. The topological polar surface area (TPSA) is 3.24 Å². The van der Waals surface area contributed by atoms with Crippen LogP contribution in [0.5, 0.6) is 0 Å². The number of benzene rings is 3. The minimum atomic E-state index is 0.798. The van der Waals surface area contributed by atoms with Crippen LogP contribution >= 0.6 is 0 Å². The molecule has 194 valence electrons. The first kappa shape index (κ1) is 26.3. The molecule has 1 heteroatoms. The van der Waals surface area contributed by atoms with E-state index in [1.54, 1.807) is 0 Å². The fourth-order valence-corrected chi connectivity index (χ4v) is 5.43. The Labute approximate surface area is 234 Å². The molecule has 0 spiro atoms. The van der Waals surface area contributed by atoms with Gasteiger partial charge in [0.1, 0.15) is 0 Å². The Morgan fingerprint density at radius 1 is 0.846 bits per heavy atom. The minimum Gasteiger partial charge on any atom is -0.341 e. The van der Waals surface area contributed by atoms with Crippen LogP contribution in [0.3, 0.4) is 0 Å². The highest BCUT2D eigenvalue weighted by atomic mass is 15.1. The van der Waals surface area contributed by atoms with Gasteiger partial charge in [0, 0.05) is 17.9 Å². The van der Waals surface area contributed by atoms with E-state index in [1.807, 2.05) is 6.08 Å². The summed E-state index contributed by atoms with van der Waals surface area (Å²) >= 11 is 0. The first-order chi connectivity index (χ1) is 19.2. The molecule has 0 amide bonds. The molecule has 0 fully saturated rings. The molecule has 0 bridgehead atoms. The number of hydrogen-bond donors (Lipinski definition) is 0. The van der Waals surface area contributed by atoms with Gasteiger partial charge in [-0.2, -0.15) is 0 Å². The van der Waals surface area contributed by atoms with Gasteiger partial charge in [-0.1, -0.05) is 122 Å². The zero-order chi connectivity index (χ0) is 26.9. The van der Waals surface area contributed by atoms with E-state index >= 15 is 0 Å². The van der Waals surface area contributed by atoms with Crippen molar-refractivity contribution in [2.24, 2.45) is 0 Å². The summed E-state index contributed by atoms with van der Waals surface area (Å²) in [5.74, 6) is 0. The molecule has 0 unspecified atom stereocenters. The zero-order valence-corrected chi connectivity index (χ0v) is 22.9. The summed E-state index contributed by atoms with van der Waals surface area (Å²) in [6.45, 7) is 6.95. The van der Waals surface area contributed by atoms with E-state index in [1.165, 1.54) is 50.4 Å². The summed E-state index contributed by atoms with van der Waals surface area (Å²) in [5.41, 5.74) is 11.8. The molecule has 0 N–H and O–H groups in total. The number of anilines is 1. The Hall–Kier alpha value is -4.36. The van der Waals surface area contributed by atoms with Gasteiger partial charge in [-0.3, -0.25) is 0 Å². The molecule has 3 aromatic carbocycles. The van der Waals surface area contributed by atoms with Crippen LogP contribution in [-0.2, 0) is 0 Å². The summed E-state index contributed by atoms with van der Waals surface area (Å²) in [6.07, 6.45) is 24.3. The number of rotatable bonds is 9. The first-order valence-electron chi connectivity index (χ1n) is 14.0. The van der Waals surface area contributed by atoms with Crippen molar-refractivity contribution in [1.29, 1.82) is 0 Å². The van der Waals surface area contributed by atoms with Crippen LogP contribution in [0.15, 0.2) is 157 Å². The van der Waals surface area contributed by atoms with E-state index < -0.39 is 0 Å². The van der Waals surface area contributed by atoms with E-state index in [-0.39, 0.29) is 0 Å². The Morgan fingerprint density at radius 2 is 1.62 bits per heavy atom. The molecule has 0 saturated heterocycles. The van der Waals surface area contributed by atoms with Crippen LogP contribution in [0.25, 0.3) is 16.7 Å². The summed E-state index contributed by atoms with van der Waals surface area (Å²) < 4.78 is 0. The predicted octanol–water partition coefficient (Wildman–Crippen LogP) is 10.2. The van der Waals surface area contributed by atoms with Gasteiger partial charge in [0.25, 0.3) is 0 Å². The maximum Gasteiger partial charge on any atom is 0.0414 e. The van der Waals surface area contributed by atoms with Crippen molar-refractivity contribution in [3.05, 3.63) is 168 Å². The Bertz CT molecular complexity index is 1480. The first-order valence-corrected chi connectivity index (χ1v) is 14.0. The summed E-state index contributed by atoms with van der Waals surface area (Å²) in [6, 6.07) is 28.0. The van der Waals surface area contributed by atoms with Crippen molar-refractivity contribution in [2.45, 2.75) is 32.6 Å². The van der Waals surface area contributed by atoms with Gasteiger partial charge in [0.05, 0.1) is 0 Å². The Morgan fingerprint density at radius 3 is 2.28 bits per heavy atom. The highest BCUT2D eigenvalue weighted by molar-refractivity contribution is 5.75. The van der Waals surface area contributed by atoms with Crippen LogP contribution in [0.2, 0.25) is 0 Å². The molecule has 0 atom stereocenters. The molecule has 2 aliphatic carbocycles. The van der Waals surface area contributed by atoms with E-state index in [4.69, 9.17) is 0 Å². The lowest BCUT2D eigenvalue weighted by atomic mass is 9.90. The van der Waals surface area contributed by atoms with E-state index in [0.29, 0.717) is 0 Å². The molecule has 0 saturated carbocycles.